The molecular weight excluding hydrogens is 753 g/mol. The maximum atomic E-state index is 10.2. The summed E-state index contributed by atoms with van der Waals surface area (Å²) in [5, 5.41) is 20.3. The van der Waals surface area contributed by atoms with Crippen LogP contribution in [0.4, 0.5) is 0 Å². The van der Waals surface area contributed by atoms with Crippen molar-refractivity contribution in [3.05, 3.63) is 70.0 Å². The van der Waals surface area contributed by atoms with E-state index in [9.17, 15) is 10.5 Å². The molecule has 0 bridgehead atoms. The second-order valence-corrected chi connectivity index (χ2v) is 18.7. The normalized spacial score (nSPS) is 11.3. The van der Waals surface area contributed by atoms with Crippen LogP contribution in [0.15, 0.2) is 36.4 Å². The van der Waals surface area contributed by atoms with E-state index in [0.717, 1.165) is 48.2 Å². The molecule has 0 atom stereocenters. The van der Waals surface area contributed by atoms with Gasteiger partial charge in [-0.3, -0.25) is 0 Å². The van der Waals surface area contributed by atoms with E-state index in [4.69, 9.17) is 9.97 Å². The minimum atomic E-state index is 0.115. The summed E-state index contributed by atoms with van der Waals surface area (Å²) >= 11 is 0. The van der Waals surface area contributed by atoms with Crippen molar-refractivity contribution >= 4 is 0 Å². The predicted molar refractivity (Wildman–Crippen MR) is 268 cm³/mol. The Labute approximate surface area is 382 Å². The molecule has 3 rings (SSSR count). The van der Waals surface area contributed by atoms with Gasteiger partial charge in [0.2, 0.25) is 0 Å². The second-order valence-electron chi connectivity index (χ2n) is 18.7. The molecule has 0 aliphatic heterocycles. The van der Waals surface area contributed by atoms with Crippen molar-refractivity contribution in [2.45, 2.75) is 259 Å². The average molecular weight is 843 g/mol. The molecule has 0 fully saturated rings. The number of hydrogen-bond acceptors (Lipinski definition) is 4. The van der Waals surface area contributed by atoms with Gasteiger partial charge in [0.25, 0.3) is 0 Å². The molecule has 342 valence electrons. The summed E-state index contributed by atoms with van der Waals surface area (Å²) in [4.78, 5) is 9.92. The van der Waals surface area contributed by atoms with Crippen molar-refractivity contribution in [3.8, 4) is 34.7 Å². The molecule has 0 aliphatic rings. The van der Waals surface area contributed by atoms with Gasteiger partial charge in [-0.1, -0.05) is 232 Å². The van der Waals surface area contributed by atoms with E-state index in [2.05, 4.69) is 76.2 Å². The Morgan fingerprint density at radius 1 is 0.323 bits per heavy atom. The van der Waals surface area contributed by atoms with Crippen LogP contribution in [0.25, 0.3) is 22.5 Å². The lowest BCUT2D eigenvalue weighted by atomic mass is 9.91. The van der Waals surface area contributed by atoms with Gasteiger partial charge < -0.3 is 0 Å². The van der Waals surface area contributed by atoms with Crippen molar-refractivity contribution in [2.24, 2.45) is 0 Å². The standard InChI is InChI=1S/C58H90N4/c1-5-9-13-17-21-25-29-33-37-49-41-43-53(45-51(49)39-35-31-27-23-19-15-11-7-3)57-58(62-56(48-60)55(47-59)61-57)54-44-42-50(38-34-30-26-22-18-14-10-6-2)52(46-54)40-36-32-28-24-20-16-12-8-4/h41-46H,5-40H2,1-4H3. The molecule has 0 spiro atoms. The zero-order chi connectivity index (χ0) is 44.3. The van der Waals surface area contributed by atoms with Crippen LogP contribution < -0.4 is 0 Å². The molecule has 3 aromatic rings. The molecule has 2 aromatic carbocycles. The molecule has 0 radical (unpaired) electrons. The summed E-state index contributed by atoms with van der Waals surface area (Å²) in [7, 11) is 0. The number of aryl methyl sites for hydroxylation is 4. The molecule has 1 aromatic heterocycles. The molecule has 1 heterocycles. The molecule has 4 heteroatoms. The van der Waals surface area contributed by atoms with E-state index < -0.39 is 0 Å². The summed E-state index contributed by atoms with van der Waals surface area (Å²) in [5.41, 5.74) is 9.47. The molecule has 4 nitrogen and oxygen atoms in total. The Kier molecular flexibility index (Phi) is 29.8. The number of nitriles is 2. The van der Waals surface area contributed by atoms with Gasteiger partial charge >= 0.3 is 0 Å². The Balaban J connectivity index is 1.91. The van der Waals surface area contributed by atoms with Crippen LogP contribution in [-0.4, -0.2) is 9.97 Å². The first-order valence-electron chi connectivity index (χ1n) is 26.6. The van der Waals surface area contributed by atoms with E-state index in [0.29, 0.717) is 0 Å². The number of hydrogen-bond donors (Lipinski definition) is 0. The van der Waals surface area contributed by atoms with Gasteiger partial charge in [0.1, 0.15) is 12.1 Å². The zero-order valence-corrected chi connectivity index (χ0v) is 40.7. The van der Waals surface area contributed by atoms with Crippen LogP contribution in [0.2, 0.25) is 0 Å². The highest BCUT2D eigenvalue weighted by atomic mass is 14.9. The van der Waals surface area contributed by atoms with Crippen LogP contribution >= 0.6 is 0 Å². The van der Waals surface area contributed by atoms with E-state index in [1.807, 2.05) is 0 Å². The third-order valence-electron chi connectivity index (χ3n) is 13.3. The van der Waals surface area contributed by atoms with E-state index in [1.54, 1.807) is 0 Å². The van der Waals surface area contributed by atoms with Crippen LogP contribution in [0.3, 0.4) is 0 Å². The molecular formula is C58H90N4. The minimum absolute atomic E-state index is 0.115. The summed E-state index contributed by atoms with van der Waals surface area (Å²) in [6.45, 7) is 9.16. The predicted octanol–water partition coefficient (Wildman–Crippen LogP) is 18.3. The van der Waals surface area contributed by atoms with Crippen LogP contribution in [0.5, 0.6) is 0 Å². The van der Waals surface area contributed by atoms with Crippen molar-refractivity contribution in [1.29, 1.82) is 10.5 Å². The average Bonchev–Trinajstić information content (AvgIpc) is 3.30. The third kappa shape index (κ3) is 21.2. The van der Waals surface area contributed by atoms with Gasteiger partial charge in [0.15, 0.2) is 11.4 Å². The Morgan fingerprint density at radius 3 is 0.823 bits per heavy atom. The van der Waals surface area contributed by atoms with Gasteiger partial charge in [0, 0.05) is 11.1 Å². The maximum absolute atomic E-state index is 10.2. The lowest BCUT2D eigenvalue weighted by Crippen LogP contribution is -2.04. The summed E-state index contributed by atoms with van der Waals surface area (Å²) < 4.78 is 0. The topological polar surface area (TPSA) is 73.4 Å². The van der Waals surface area contributed by atoms with E-state index in [-0.39, 0.29) is 11.4 Å². The first kappa shape index (κ1) is 52.8. The smallest absolute Gasteiger partial charge is 0.177 e. The summed E-state index contributed by atoms with van der Waals surface area (Å²) in [6, 6.07) is 18.3. The minimum Gasteiger partial charge on any atom is -0.232 e. The number of rotatable bonds is 38. The van der Waals surface area contributed by atoms with Crippen molar-refractivity contribution in [2.75, 3.05) is 0 Å². The molecule has 0 N–H and O–H groups in total. The lowest BCUT2D eigenvalue weighted by Gasteiger charge is -2.16. The second kappa shape index (κ2) is 34.9. The third-order valence-corrected chi connectivity index (χ3v) is 13.3. The van der Waals surface area contributed by atoms with Crippen LogP contribution in [-0.2, 0) is 25.7 Å². The number of nitrogens with zero attached hydrogens (tertiary/aromatic N) is 4. The fourth-order valence-corrected chi connectivity index (χ4v) is 9.29. The highest BCUT2D eigenvalue weighted by Crippen LogP contribution is 2.34. The fraction of sp³-hybridized carbons (Fsp3) is 0.690. The first-order valence-corrected chi connectivity index (χ1v) is 26.6. The largest absolute Gasteiger partial charge is 0.232 e. The van der Waals surface area contributed by atoms with Crippen molar-refractivity contribution in [3.63, 3.8) is 0 Å². The first-order chi connectivity index (χ1) is 30.6. The number of unbranched alkanes of at least 4 members (excludes halogenated alkanes) is 28. The molecule has 0 unspecified atom stereocenters. The maximum Gasteiger partial charge on any atom is 0.177 e. The van der Waals surface area contributed by atoms with Gasteiger partial charge in [-0.05, 0) is 85.8 Å². The molecule has 0 saturated carbocycles. The van der Waals surface area contributed by atoms with E-state index >= 15 is 0 Å². The monoisotopic (exact) mass is 843 g/mol. The highest BCUT2D eigenvalue weighted by Gasteiger charge is 2.19. The van der Waals surface area contributed by atoms with Gasteiger partial charge in [0.05, 0.1) is 11.4 Å². The quantitative estimate of drug-likeness (QED) is 0.0539. The summed E-state index contributed by atoms with van der Waals surface area (Å²) in [6.07, 6.45) is 46.5. The van der Waals surface area contributed by atoms with Crippen molar-refractivity contribution < 1.29 is 0 Å². The summed E-state index contributed by atoms with van der Waals surface area (Å²) in [5.74, 6) is 0. The van der Waals surface area contributed by atoms with E-state index in [1.165, 1.54) is 228 Å². The molecule has 0 aliphatic carbocycles. The highest BCUT2D eigenvalue weighted by molar-refractivity contribution is 5.80. The van der Waals surface area contributed by atoms with Crippen molar-refractivity contribution in [1.82, 2.24) is 9.97 Å². The number of benzene rings is 2. The van der Waals surface area contributed by atoms with Gasteiger partial charge in [-0.2, -0.15) is 10.5 Å². The zero-order valence-electron chi connectivity index (χ0n) is 40.7. The Bertz CT molecular complexity index is 1570. The van der Waals surface area contributed by atoms with Gasteiger partial charge in [-0.15, -0.1) is 0 Å². The van der Waals surface area contributed by atoms with Crippen LogP contribution in [0, 0.1) is 22.7 Å². The molecule has 62 heavy (non-hydrogen) atoms. The Hall–Kier alpha value is -3.50. The molecule has 0 saturated heterocycles. The lowest BCUT2D eigenvalue weighted by molar-refractivity contribution is 0.570. The SMILES string of the molecule is CCCCCCCCCCc1ccc(-c2nc(C#N)c(C#N)nc2-c2ccc(CCCCCCCCCC)c(CCCCCCCCCC)c2)cc1CCCCCCCCCC. The molecule has 0 amide bonds. The number of aromatic nitrogens is 2. The fourth-order valence-electron chi connectivity index (χ4n) is 9.29. The van der Waals surface area contributed by atoms with Crippen LogP contribution in [0.1, 0.15) is 267 Å². The van der Waals surface area contributed by atoms with Gasteiger partial charge in [-0.25, -0.2) is 9.97 Å². The Morgan fingerprint density at radius 2 is 0.565 bits per heavy atom.